The van der Waals surface area contributed by atoms with Crippen molar-refractivity contribution >= 4 is 12.0 Å². The van der Waals surface area contributed by atoms with E-state index in [0.29, 0.717) is 38.6 Å². The van der Waals surface area contributed by atoms with E-state index in [9.17, 15) is 9.59 Å². The second kappa shape index (κ2) is 8.37. The number of carbonyl (C=O) groups excluding carboxylic acids is 2. The Hall–Kier alpha value is -1.42. The molecule has 164 valence electrons. The van der Waals surface area contributed by atoms with Gasteiger partial charge in [-0.25, -0.2) is 4.79 Å². The van der Waals surface area contributed by atoms with Crippen molar-refractivity contribution in [3.8, 4) is 0 Å². The molecule has 0 bridgehead atoms. The van der Waals surface area contributed by atoms with Crippen LogP contribution in [-0.4, -0.2) is 78.7 Å². The van der Waals surface area contributed by atoms with E-state index >= 15 is 0 Å². The van der Waals surface area contributed by atoms with Gasteiger partial charge in [-0.05, 0) is 46.0 Å². The average molecular weight is 411 g/mol. The maximum absolute atomic E-state index is 12.2. The third-order valence-corrected chi connectivity index (χ3v) is 6.30. The van der Waals surface area contributed by atoms with Gasteiger partial charge in [0.2, 0.25) is 5.91 Å². The van der Waals surface area contributed by atoms with Gasteiger partial charge in [0.05, 0.1) is 25.4 Å². The normalized spacial score (nSPS) is 32.4. The predicted octanol–water partition coefficient (Wildman–Crippen LogP) is 1.05. The van der Waals surface area contributed by atoms with E-state index in [4.69, 9.17) is 14.3 Å². The lowest BCUT2D eigenvalue weighted by Crippen LogP contribution is -2.57. The Morgan fingerprint density at radius 3 is 2.48 bits per heavy atom. The van der Waals surface area contributed by atoms with Crippen LogP contribution >= 0.6 is 0 Å². The maximum Gasteiger partial charge on any atom is 0.410 e. The van der Waals surface area contributed by atoms with Gasteiger partial charge in [-0.3, -0.25) is 14.9 Å². The van der Waals surface area contributed by atoms with Crippen molar-refractivity contribution in [2.24, 2.45) is 11.8 Å². The standard InChI is InChI=1S/C20H34N4O5/c1-20(2,3)28-19(26)23-8-6-13(7-9-23)17-21-18(29-22-17)14-4-5-16(25)24(10-14)15-11-27-12-15/h13-15,17-18,21-22H,4-12H2,1-3H3. The molecule has 0 aromatic carbocycles. The van der Waals surface area contributed by atoms with Crippen LogP contribution in [0, 0.1) is 11.8 Å². The first-order chi connectivity index (χ1) is 13.8. The molecule has 0 radical (unpaired) electrons. The summed E-state index contributed by atoms with van der Waals surface area (Å²) in [6, 6.07) is 0.229. The fourth-order valence-electron chi connectivity index (χ4n) is 4.50. The number of piperidine rings is 2. The fraction of sp³-hybridized carbons (Fsp3) is 0.900. The van der Waals surface area contributed by atoms with E-state index < -0.39 is 5.60 Å². The van der Waals surface area contributed by atoms with E-state index in [2.05, 4.69) is 10.8 Å². The van der Waals surface area contributed by atoms with Crippen LogP contribution in [0.25, 0.3) is 0 Å². The molecule has 0 aliphatic carbocycles. The minimum Gasteiger partial charge on any atom is -0.444 e. The number of rotatable bonds is 3. The molecule has 9 nitrogen and oxygen atoms in total. The molecule has 4 heterocycles. The largest absolute Gasteiger partial charge is 0.444 e. The van der Waals surface area contributed by atoms with E-state index in [1.165, 1.54) is 0 Å². The van der Waals surface area contributed by atoms with Gasteiger partial charge in [-0.2, -0.15) is 5.48 Å². The molecule has 2 N–H and O–H groups in total. The molecular formula is C20H34N4O5. The summed E-state index contributed by atoms with van der Waals surface area (Å²) in [5.41, 5.74) is 2.70. The minimum absolute atomic E-state index is 0.0684. The monoisotopic (exact) mass is 410 g/mol. The third-order valence-electron chi connectivity index (χ3n) is 6.30. The van der Waals surface area contributed by atoms with Gasteiger partial charge in [-0.15, -0.1) is 0 Å². The summed E-state index contributed by atoms with van der Waals surface area (Å²) < 4.78 is 10.7. The SMILES string of the molecule is CC(C)(C)OC(=O)N1CCC(C2NOC(C3CCC(=O)N(C4COC4)C3)N2)CC1. The highest BCUT2D eigenvalue weighted by Crippen LogP contribution is 2.29. The average Bonchev–Trinajstić information content (AvgIpc) is 3.11. The van der Waals surface area contributed by atoms with Crippen molar-refractivity contribution in [3.05, 3.63) is 0 Å². The molecule has 4 aliphatic heterocycles. The smallest absolute Gasteiger partial charge is 0.410 e. The number of ether oxygens (including phenoxy) is 2. The van der Waals surface area contributed by atoms with Crippen LogP contribution in [0.3, 0.4) is 0 Å². The molecule has 3 atom stereocenters. The zero-order valence-electron chi connectivity index (χ0n) is 17.7. The number of nitrogens with one attached hydrogen (secondary N) is 2. The highest BCUT2D eigenvalue weighted by Gasteiger charge is 2.42. The predicted molar refractivity (Wildman–Crippen MR) is 105 cm³/mol. The summed E-state index contributed by atoms with van der Waals surface area (Å²) in [5.74, 6) is 0.888. The van der Waals surface area contributed by atoms with Gasteiger partial charge < -0.3 is 19.3 Å². The van der Waals surface area contributed by atoms with Crippen molar-refractivity contribution in [2.45, 2.75) is 70.5 Å². The van der Waals surface area contributed by atoms with Crippen molar-refractivity contribution in [1.29, 1.82) is 0 Å². The molecule has 0 aromatic heterocycles. The van der Waals surface area contributed by atoms with Crippen molar-refractivity contribution in [1.82, 2.24) is 20.6 Å². The summed E-state index contributed by atoms with van der Waals surface area (Å²) in [6.45, 7) is 9.06. The molecule has 0 spiro atoms. The zero-order valence-corrected chi connectivity index (χ0v) is 17.7. The van der Waals surface area contributed by atoms with Gasteiger partial charge >= 0.3 is 6.09 Å². The van der Waals surface area contributed by atoms with Gasteiger partial charge in [0.15, 0.2) is 0 Å². The topological polar surface area (TPSA) is 92.4 Å². The van der Waals surface area contributed by atoms with E-state index in [1.807, 2.05) is 25.7 Å². The summed E-state index contributed by atoms with van der Waals surface area (Å²) in [4.78, 5) is 34.1. The number of hydrogen-bond acceptors (Lipinski definition) is 7. The molecule has 3 unspecified atom stereocenters. The Balaban J connectivity index is 1.24. The first kappa shape index (κ1) is 20.8. The quantitative estimate of drug-likeness (QED) is 0.718. The van der Waals surface area contributed by atoms with Crippen LogP contribution in [0.2, 0.25) is 0 Å². The first-order valence-electron chi connectivity index (χ1n) is 10.8. The Morgan fingerprint density at radius 1 is 1.14 bits per heavy atom. The summed E-state index contributed by atoms with van der Waals surface area (Å²) >= 11 is 0. The number of likely N-dealkylation sites (tertiary alicyclic amines) is 2. The van der Waals surface area contributed by atoms with E-state index in [1.54, 1.807) is 4.90 Å². The second-order valence-electron chi connectivity index (χ2n) is 9.64. The molecule has 2 amide bonds. The van der Waals surface area contributed by atoms with Crippen LogP contribution in [-0.2, 0) is 19.1 Å². The van der Waals surface area contributed by atoms with Crippen LogP contribution in [0.15, 0.2) is 0 Å². The van der Waals surface area contributed by atoms with Crippen molar-refractivity contribution in [2.75, 3.05) is 32.8 Å². The Morgan fingerprint density at radius 2 is 1.86 bits per heavy atom. The van der Waals surface area contributed by atoms with Gasteiger partial charge in [0, 0.05) is 32.0 Å². The summed E-state index contributed by atoms with van der Waals surface area (Å²) in [6.07, 6.45) is 2.95. The molecular weight excluding hydrogens is 376 g/mol. The van der Waals surface area contributed by atoms with Gasteiger partial charge in [0.25, 0.3) is 0 Å². The lowest BCUT2D eigenvalue weighted by Gasteiger charge is -2.43. The van der Waals surface area contributed by atoms with Crippen LogP contribution in [0.1, 0.15) is 46.5 Å². The van der Waals surface area contributed by atoms with Crippen LogP contribution in [0.5, 0.6) is 0 Å². The lowest BCUT2D eigenvalue weighted by molar-refractivity contribution is -0.153. The fourth-order valence-corrected chi connectivity index (χ4v) is 4.50. The highest BCUT2D eigenvalue weighted by atomic mass is 16.7. The Bertz CT molecular complexity index is 612. The second-order valence-corrected chi connectivity index (χ2v) is 9.64. The number of hydroxylamine groups is 1. The molecule has 9 heteroatoms. The van der Waals surface area contributed by atoms with Crippen molar-refractivity contribution < 1.29 is 23.9 Å². The van der Waals surface area contributed by atoms with Gasteiger partial charge in [0.1, 0.15) is 11.8 Å². The van der Waals surface area contributed by atoms with Crippen LogP contribution < -0.4 is 10.8 Å². The van der Waals surface area contributed by atoms with E-state index in [0.717, 1.165) is 25.8 Å². The maximum atomic E-state index is 12.2. The minimum atomic E-state index is -0.468. The molecule has 29 heavy (non-hydrogen) atoms. The lowest BCUT2D eigenvalue weighted by atomic mass is 9.92. The summed E-state index contributed by atoms with van der Waals surface area (Å²) in [5, 5.41) is 3.59. The van der Waals surface area contributed by atoms with Gasteiger partial charge in [-0.1, -0.05) is 0 Å². The van der Waals surface area contributed by atoms with E-state index in [-0.39, 0.29) is 36.4 Å². The molecule has 4 rings (SSSR count). The Labute approximate surface area is 172 Å². The highest BCUT2D eigenvalue weighted by molar-refractivity contribution is 5.77. The summed E-state index contributed by atoms with van der Waals surface area (Å²) in [7, 11) is 0. The van der Waals surface area contributed by atoms with Crippen LogP contribution in [0.4, 0.5) is 4.79 Å². The van der Waals surface area contributed by atoms with Crippen molar-refractivity contribution in [3.63, 3.8) is 0 Å². The number of nitrogens with zero attached hydrogens (tertiary/aromatic N) is 2. The first-order valence-corrected chi connectivity index (χ1v) is 10.8. The molecule has 0 saturated carbocycles. The molecule has 4 aliphatic rings. The zero-order chi connectivity index (χ0) is 20.6. The Kier molecular flexibility index (Phi) is 6.02. The number of hydrogen-bond donors (Lipinski definition) is 2. The molecule has 4 saturated heterocycles. The molecule has 0 aromatic rings. The number of amides is 2. The molecule has 4 fully saturated rings. The third kappa shape index (κ3) is 4.84. The number of carbonyl (C=O) groups is 2.